The van der Waals surface area contributed by atoms with Crippen LogP contribution in [0.5, 0.6) is 0 Å². The number of fused-ring (bicyclic) bond motifs is 1. The molecule has 0 aliphatic carbocycles. The highest BCUT2D eigenvalue weighted by Gasteiger charge is 1.91. The number of nitrogens with zero attached hydrogens (tertiary/aromatic N) is 2. The summed E-state index contributed by atoms with van der Waals surface area (Å²) in [6.07, 6.45) is 3.55. The number of aryl methyl sites for hydroxylation is 1. The fourth-order valence-electron chi connectivity index (χ4n) is 1.11. The molecule has 0 atom stereocenters. The Hall–Kier alpha value is -1.44. The quantitative estimate of drug-likeness (QED) is 0.648. The van der Waals surface area contributed by atoms with Crippen molar-refractivity contribution in [3.05, 3.63) is 36.2 Å². The molecule has 15 heavy (non-hydrogen) atoms. The van der Waals surface area contributed by atoms with E-state index >= 15 is 0 Å². The van der Waals surface area contributed by atoms with Gasteiger partial charge in [0.2, 0.25) is 0 Å². The molecule has 2 nitrogen and oxygen atoms in total. The topological polar surface area (TPSA) is 25.8 Å². The van der Waals surface area contributed by atoms with Crippen molar-refractivity contribution in [1.29, 1.82) is 0 Å². The second-order valence-corrected chi connectivity index (χ2v) is 2.62. The van der Waals surface area contributed by atoms with E-state index in [1.807, 2.05) is 27.7 Å². The van der Waals surface area contributed by atoms with Gasteiger partial charge in [0.25, 0.3) is 0 Å². The summed E-state index contributed by atoms with van der Waals surface area (Å²) in [5.74, 6) is 0. The molecule has 0 saturated carbocycles. The highest BCUT2D eigenvalue weighted by atomic mass is 15.1. The highest BCUT2D eigenvalue weighted by molar-refractivity contribution is 5.81. The van der Waals surface area contributed by atoms with Crippen LogP contribution in [0, 0.1) is 6.92 Å². The summed E-state index contributed by atoms with van der Waals surface area (Å²) in [7, 11) is 0. The maximum Gasteiger partial charge on any atom is 0.0574 e. The van der Waals surface area contributed by atoms with E-state index < -0.39 is 0 Å². The first-order chi connectivity index (χ1) is 7.36. The van der Waals surface area contributed by atoms with Gasteiger partial charge in [0.1, 0.15) is 0 Å². The second kappa shape index (κ2) is 7.92. The lowest BCUT2D eigenvalue weighted by molar-refractivity contribution is 1.05. The van der Waals surface area contributed by atoms with Crippen LogP contribution in [0.4, 0.5) is 0 Å². The molecule has 1 aromatic carbocycles. The number of rotatable bonds is 0. The minimum atomic E-state index is 1.14. The van der Waals surface area contributed by atoms with Crippen molar-refractivity contribution in [1.82, 2.24) is 10.2 Å². The second-order valence-electron chi connectivity index (χ2n) is 2.62. The third-order valence-electron chi connectivity index (χ3n) is 1.70. The van der Waals surface area contributed by atoms with Crippen LogP contribution < -0.4 is 0 Å². The molecule has 0 bridgehead atoms. The van der Waals surface area contributed by atoms with Gasteiger partial charge in [0, 0.05) is 10.8 Å². The zero-order chi connectivity index (χ0) is 11.7. The van der Waals surface area contributed by atoms with Crippen molar-refractivity contribution in [2.24, 2.45) is 0 Å². The molecule has 1 heterocycles. The Morgan fingerprint density at radius 3 is 1.93 bits per heavy atom. The van der Waals surface area contributed by atoms with Crippen LogP contribution in [0.25, 0.3) is 10.8 Å². The maximum absolute atomic E-state index is 3.80. The van der Waals surface area contributed by atoms with Gasteiger partial charge in [-0.05, 0) is 13.0 Å². The number of hydrogen-bond donors (Lipinski definition) is 0. The van der Waals surface area contributed by atoms with Crippen LogP contribution in [0.15, 0.2) is 30.6 Å². The average Bonchev–Trinajstić information content (AvgIpc) is 2.34. The minimum absolute atomic E-state index is 1.14. The number of benzene rings is 1. The van der Waals surface area contributed by atoms with Crippen LogP contribution in [0.2, 0.25) is 0 Å². The molecule has 0 unspecified atom stereocenters. The van der Waals surface area contributed by atoms with Crippen LogP contribution in [0.1, 0.15) is 33.3 Å². The molecule has 0 aliphatic heterocycles. The first-order valence-corrected chi connectivity index (χ1v) is 5.53. The van der Waals surface area contributed by atoms with Gasteiger partial charge in [0.05, 0.1) is 12.4 Å². The Morgan fingerprint density at radius 2 is 1.33 bits per heavy atom. The minimum Gasteiger partial charge on any atom is -0.158 e. The smallest absolute Gasteiger partial charge is 0.0574 e. The van der Waals surface area contributed by atoms with Gasteiger partial charge in [-0.3, -0.25) is 0 Å². The normalized spacial score (nSPS) is 8.33. The van der Waals surface area contributed by atoms with Crippen LogP contribution in [-0.2, 0) is 0 Å². The molecule has 0 spiro atoms. The van der Waals surface area contributed by atoms with E-state index in [1.165, 1.54) is 5.56 Å². The molecule has 0 fully saturated rings. The summed E-state index contributed by atoms with van der Waals surface area (Å²) >= 11 is 0. The molecule has 2 heteroatoms. The Morgan fingerprint density at radius 1 is 0.800 bits per heavy atom. The van der Waals surface area contributed by atoms with Gasteiger partial charge in [0.15, 0.2) is 0 Å². The van der Waals surface area contributed by atoms with Crippen molar-refractivity contribution in [2.45, 2.75) is 34.6 Å². The lowest BCUT2D eigenvalue weighted by Gasteiger charge is -1.95. The van der Waals surface area contributed by atoms with Crippen LogP contribution in [0.3, 0.4) is 0 Å². The SMILES string of the molecule is CC.CC.Cc1ccc2cnncc2c1. The molecule has 0 saturated heterocycles. The van der Waals surface area contributed by atoms with Gasteiger partial charge >= 0.3 is 0 Å². The molecule has 0 radical (unpaired) electrons. The molecular weight excluding hydrogens is 184 g/mol. The van der Waals surface area contributed by atoms with Crippen LogP contribution in [-0.4, -0.2) is 10.2 Å². The summed E-state index contributed by atoms with van der Waals surface area (Å²) in [4.78, 5) is 0. The Kier molecular flexibility index (Phi) is 7.16. The fourth-order valence-corrected chi connectivity index (χ4v) is 1.11. The Balaban J connectivity index is 0.000000442. The highest BCUT2D eigenvalue weighted by Crippen LogP contribution is 2.11. The largest absolute Gasteiger partial charge is 0.158 e. The van der Waals surface area contributed by atoms with Gasteiger partial charge < -0.3 is 0 Å². The van der Waals surface area contributed by atoms with Crippen molar-refractivity contribution in [3.8, 4) is 0 Å². The van der Waals surface area contributed by atoms with E-state index in [-0.39, 0.29) is 0 Å². The van der Waals surface area contributed by atoms with Gasteiger partial charge in [-0.2, -0.15) is 10.2 Å². The van der Waals surface area contributed by atoms with Crippen molar-refractivity contribution in [3.63, 3.8) is 0 Å². The van der Waals surface area contributed by atoms with Crippen LogP contribution >= 0.6 is 0 Å². The number of aromatic nitrogens is 2. The molecule has 1 aromatic heterocycles. The third-order valence-corrected chi connectivity index (χ3v) is 1.70. The van der Waals surface area contributed by atoms with E-state index in [0.717, 1.165) is 10.8 Å². The summed E-state index contributed by atoms with van der Waals surface area (Å²) in [5, 5.41) is 9.89. The van der Waals surface area contributed by atoms with Gasteiger partial charge in [-0.15, -0.1) is 0 Å². The third kappa shape index (κ3) is 4.07. The van der Waals surface area contributed by atoms with Gasteiger partial charge in [-0.1, -0.05) is 45.4 Å². The lowest BCUT2D eigenvalue weighted by Crippen LogP contribution is -1.80. The average molecular weight is 204 g/mol. The van der Waals surface area contributed by atoms with E-state index in [4.69, 9.17) is 0 Å². The predicted octanol–water partition coefficient (Wildman–Crippen LogP) is 3.99. The van der Waals surface area contributed by atoms with E-state index in [9.17, 15) is 0 Å². The first-order valence-electron chi connectivity index (χ1n) is 5.53. The lowest BCUT2D eigenvalue weighted by atomic mass is 10.1. The number of hydrogen-bond acceptors (Lipinski definition) is 2. The Labute approximate surface area is 92.4 Å². The van der Waals surface area contributed by atoms with Crippen molar-refractivity contribution < 1.29 is 0 Å². The molecule has 0 N–H and O–H groups in total. The summed E-state index contributed by atoms with van der Waals surface area (Å²) in [5.41, 5.74) is 1.26. The monoisotopic (exact) mass is 204 g/mol. The molecular formula is C13H20N2. The first kappa shape index (κ1) is 13.6. The van der Waals surface area contributed by atoms with Crippen molar-refractivity contribution >= 4 is 10.8 Å². The predicted molar refractivity (Wildman–Crippen MR) is 67.0 cm³/mol. The maximum atomic E-state index is 3.80. The summed E-state index contributed by atoms with van der Waals surface area (Å²) < 4.78 is 0. The van der Waals surface area contributed by atoms with E-state index in [1.54, 1.807) is 12.4 Å². The molecule has 0 aliphatic rings. The van der Waals surface area contributed by atoms with Gasteiger partial charge in [-0.25, -0.2) is 0 Å². The molecule has 82 valence electrons. The summed E-state index contributed by atoms with van der Waals surface area (Å²) in [6, 6.07) is 6.23. The van der Waals surface area contributed by atoms with Crippen molar-refractivity contribution in [2.75, 3.05) is 0 Å². The molecule has 0 amide bonds. The van der Waals surface area contributed by atoms with E-state index in [0.29, 0.717) is 0 Å². The summed E-state index contributed by atoms with van der Waals surface area (Å²) in [6.45, 7) is 10.1. The zero-order valence-electron chi connectivity index (χ0n) is 10.3. The Bertz CT molecular complexity index is 383. The van der Waals surface area contributed by atoms with E-state index in [2.05, 4.69) is 35.3 Å². The molecule has 2 aromatic rings. The molecule has 2 rings (SSSR count). The zero-order valence-corrected chi connectivity index (χ0v) is 10.3. The fraction of sp³-hybridized carbons (Fsp3) is 0.385. The standard InChI is InChI=1S/C9H8N2.2C2H6/c1-7-2-3-8-5-10-11-6-9(8)4-7;2*1-2/h2-6H,1H3;2*1-2H3.